The summed E-state index contributed by atoms with van der Waals surface area (Å²) in [4.78, 5) is 34.2. The fraction of sp³-hybridized carbons (Fsp3) is 0.750. The third kappa shape index (κ3) is 4.78. The lowest BCUT2D eigenvalue weighted by Crippen LogP contribution is -2.48. The van der Waals surface area contributed by atoms with E-state index in [2.05, 4.69) is 10.6 Å². The first kappa shape index (κ1) is 16.4. The van der Waals surface area contributed by atoms with Gasteiger partial charge in [-0.25, -0.2) is 4.79 Å². The van der Waals surface area contributed by atoms with Crippen molar-refractivity contribution in [1.82, 2.24) is 10.6 Å². The van der Waals surface area contributed by atoms with E-state index in [4.69, 9.17) is 14.6 Å². The molecular weight excluding hydrogens is 268 g/mol. The molecule has 0 spiro atoms. The van der Waals surface area contributed by atoms with Crippen LogP contribution in [0.1, 0.15) is 19.8 Å². The van der Waals surface area contributed by atoms with Crippen LogP contribution in [0, 0.1) is 0 Å². The second-order valence-electron chi connectivity index (χ2n) is 4.54. The Morgan fingerprint density at radius 3 is 2.55 bits per heavy atom. The molecule has 0 bridgehead atoms. The molecule has 0 aromatic heterocycles. The van der Waals surface area contributed by atoms with E-state index in [9.17, 15) is 14.4 Å². The summed E-state index contributed by atoms with van der Waals surface area (Å²) < 4.78 is 9.89. The van der Waals surface area contributed by atoms with Crippen LogP contribution in [0.5, 0.6) is 0 Å². The maximum absolute atomic E-state index is 11.8. The van der Waals surface area contributed by atoms with Gasteiger partial charge in [-0.2, -0.15) is 0 Å². The highest BCUT2D eigenvalue weighted by atomic mass is 16.5. The van der Waals surface area contributed by atoms with Crippen LogP contribution in [0.4, 0.5) is 0 Å². The van der Waals surface area contributed by atoms with Crippen LogP contribution >= 0.6 is 0 Å². The quantitative estimate of drug-likeness (QED) is 0.512. The minimum atomic E-state index is -1.08. The van der Waals surface area contributed by atoms with Crippen LogP contribution in [-0.2, 0) is 23.9 Å². The summed E-state index contributed by atoms with van der Waals surface area (Å²) in [5.74, 6) is -1.88. The van der Waals surface area contributed by atoms with Crippen molar-refractivity contribution in [3.63, 3.8) is 0 Å². The largest absolute Gasteiger partial charge is 0.479 e. The maximum Gasteiger partial charge on any atom is 0.332 e. The third-order valence-electron chi connectivity index (χ3n) is 2.94. The van der Waals surface area contributed by atoms with Crippen LogP contribution in [0.2, 0.25) is 0 Å². The standard InChI is InChI=1S/C12H20N2O6/c1-7(10(15)13-5-6-19-2)14-11(16)8-3-4-9(20-8)12(17)18/h7-9H,3-6H2,1-2H3,(H,13,15)(H,14,16)(H,17,18)/t7?,8-,9+/m0/s1. The minimum absolute atomic E-state index is 0.293. The molecule has 1 unspecified atom stereocenters. The van der Waals surface area contributed by atoms with Crippen molar-refractivity contribution in [3.8, 4) is 0 Å². The predicted octanol–water partition coefficient (Wildman–Crippen LogP) is -1.11. The number of ether oxygens (including phenoxy) is 2. The third-order valence-corrected chi connectivity index (χ3v) is 2.94. The summed E-state index contributed by atoms with van der Waals surface area (Å²) in [5.41, 5.74) is 0. The van der Waals surface area contributed by atoms with Gasteiger partial charge in [-0.3, -0.25) is 9.59 Å². The number of rotatable bonds is 7. The Morgan fingerprint density at radius 1 is 1.35 bits per heavy atom. The second-order valence-corrected chi connectivity index (χ2v) is 4.54. The number of hydrogen-bond donors (Lipinski definition) is 3. The minimum Gasteiger partial charge on any atom is -0.479 e. The van der Waals surface area contributed by atoms with Crippen molar-refractivity contribution < 1.29 is 29.0 Å². The Bertz CT molecular complexity index is 373. The number of aliphatic carboxylic acids is 1. The molecule has 1 aliphatic heterocycles. The van der Waals surface area contributed by atoms with Crippen LogP contribution in [0.15, 0.2) is 0 Å². The molecule has 1 rings (SSSR count). The highest BCUT2D eigenvalue weighted by molar-refractivity contribution is 5.89. The molecule has 3 N–H and O–H groups in total. The van der Waals surface area contributed by atoms with E-state index >= 15 is 0 Å². The zero-order valence-corrected chi connectivity index (χ0v) is 11.5. The van der Waals surface area contributed by atoms with Crippen LogP contribution in [0.3, 0.4) is 0 Å². The molecule has 0 radical (unpaired) electrons. The fourth-order valence-electron chi connectivity index (χ4n) is 1.81. The summed E-state index contributed by atoms with van der Waals surface area (Å²) in [6.45, 7) is 2.29. The number of carbonyl (C=O) groups is 3. The first-order valence-corrected chi connectivity index (χ1v) is 6.41. The monoisotopic (exact) mass is 288 g/mol. The first-order chi connectivity index (χ1) is 9.45. The summed E-state index contributed by atoms with van der Waals surface area (Å²) in [6, 6.07) is -0.716. The molecule has 8 heteroatoms. The summed E-state index contributed by atoms with van der Waals surface area (Å²) in [5, 5.41) is 13.9. The van der Waals surface area contributed by atoms with Gasteiger partial charge < -0.3 is 25.2 Å². The Kier molecular flexibility index (Phi) is 6.40. The van der Waals surface area contributed by atoms with Gasteiger partial charge in [-0.15, -0.1) is 0 Å². The van der Waals surface area contributed by atoms with Gasteiger partial charge in [0.2, 0.25) is 11.8 Å². The van der Waals surface area contributed by atoms with E-state index in [1.807, 2.05) is 0 Å². The van der Waals surface area contributed by atoms with Crippen molar-refractivity contribution in [2.24, 2.45) is 0 Å². The molecule has 0 aromatic carbocycles. The number of carboxylic acids is 1. The van der Waals surface area contributed by atoms with Gasteiger partial charge in [0, 0.05) is 13.7 Å². The average molecular weight is 288 g/mol. The fourth-order valence-corrected chi connectivity index (χ4v) is 1.81. The van der Waals surface area contributed by atoms with Gasteiger partial charge in [0.1, 0.15) is 12.1 Å². The molecule has 20 heavy (non-hydrogen) atoms. The van der Waals surface area contributed by atoms with E-state index in [-0.39, 0.29) is 5.91 Å². The van der Waals surface area contributed by atoms with Crippen molar-refractivity contribution in [1.29, 1.82) is 0 Å². The zero-order valence-electron chi connectivity index (χ0n) is 11.5. The lowest BCUT2D eigenvalue weighted by Gasteiger charge is -2.17. The van der Waals surface area contributed by atoms with Crippen LogP contribution < -0.4 is 10.6 Å². The summed E-state index contributed by atoms with van der Waals surface area (Å²) >= 11 is 0. The first-order valence-electron chi connectivity index (χ1n) is 6.41. The average Bonchev–Trinajstić information content (AvgIpc) is 2.88. The van der Waals surface area contributed by atoms with Gasteiger partial charge in [0.15, 0.2) is 6.10 Å². The van der Waals surface area contributed by atoms with Gasteiger partial charge in [-0.1, -0.05) is 0 Å². The van der Waals surface area contributed by atoms with E-state index in [1.165, 1.54) is 7.11 Å². The molecule has 0 aliphatic carbocycles. The lowest BCUT2D eigenvalue weighted by atomic mass is 10.2. The molecular formula is C12H20N2O6. The molecule has 8 nitrogen and oxygen atoms in total. The van der Waals surface area contributed by atoms with Gasteiger partial charge in [-0.05, 0) is 19.8 Å². The number of amides is 2. The number of methoxy groups -OCH3 is 1. The molecule has 114 valence electrons. The molecule has 1 aliphatic rings. The molecule has 1 saturated heterocycles. The summed E-state index contributed by atoms with van der Waals surface area (Å²) in [6.07, 6.45) is -1.13. The van der Waals surface area contributed by atoms with Crippen molar-refractivity contribution in [3.05, 3.63) is 0 Å². The SMILES string of the molecule is COCCNC(=O)C(C)NC(=O)[C@@H]1CC[C@H](C(=O)O)O1. The molecule has 1 fully saturated rings. The molecule has 3 atom stereocenters. The Labute approximate surface area is 116 Å². The number of hydrogen-bond acceptors (Lipinski definition) is 5. The van der Waals surface area contributed by atoms with Crippen molar-refractivity contribution >= 4 is 17.8 Å². The molecule has 2 amide bonds. The Hall–Kier alpha value is -1.67. The van der Waals surface area contributed by atoms with E-state index in [0.29, 0.717) is 26.0 Å². The van der Waals surface area contributed by atoms with E-state index in [0.717, 1.165) is 0 Å². The zero-order chi connectivity index (χ0) is 15.1. The second kappa shape index (κ2) is 7.81. The smallest absolute Gasteiger partial charge is 0.332 e. The Morgan fingerprint density at radius 2 is 2.00 bits per heavy atom. The highest BCUT2D eigenvalue weighted by Crippen LogP contribution is 2.19. The lowest BCUT2D eigenvalue weighted by molar-refractivity contribution is -0.152. The molecule has 1 heterocycles. The topological polar surface area (TPSA) is 114 Å². The number of nitrogens with one attached hydrogen (secondary N) is 2. The Balaban J connectivity index is 2.34. The predicted molar refractivity (Wildman–Crippen MR) is 68.0 cm³/mol. The summed E-state index contributed by atoms with van der Waals surface area (Å²) in [7, 11) is 1.52. The van der Waals surface area contributed by atoms with E-state index in [1.54, 1.807) is 6.92 Å². The van der Waals surface area contributed by atoms with Gasteiger partial charge in [0.05, 0.1) is 6.61 Å². The van der Waals surface area contributed by atoms with Crippen molar-refractivity contribution in [2.45, 2.75) is 38.0 Å². The van der Waals surface area contributed by atoms with Gasteiger partial charge in [0.25, 0.3) is 0 Å². The number of carbonyl (C=O) groups excluding carboxylic acids is 2. The normalized spacial score (nSPS) is 23.1. The molecule has 0 saturated carbocycles. The molecule has 0 aromatic rings. The van der Waals surface area contributed by atoms with Gasteiger partial charge >= 0.3 is 5.97 Å². The highest BCUT2D eigenvalue weighted by Gasteiger charge is 2.35. The van der Waals surface area contributed by atoms with E-state index < -0.39 is 30.1 Å². The maximum atomic E-state index is 11.8. The van der Waals surface area contributed by atoms with Crippen LogP contribution in [0.25, 0.3) is 0 Å². The van der Waals surface area contributed by atoms with Crippen LogP contribution in [-0.4, -0.2) is 61.4 Å². The number of carboxylic acid groups (broad SMARTS) is 1. The van der Waals surface area contributed by atoms with Crippen molar-refractivity contribution in [2.75, 3.05) is 20.3 Å².